The number of hydrogen-bond acceptors (Lipinski definition) is 1. The van der Waals surface area contributed by atoms with Crippen molar-refractivity contribution < 1.29 is 4.39 Å². The van der Waals surface area contributed by atoms with E-state index in [1.165, 1.54) is 60.7 Å². The lowest BCUT2D eigenvalue weighted by molar-refractivity contribution is 0.178. The predicted octanol–water partition coefficient (Wildman–Crippen LogP) is 8.52. The first-order chi connectivity index (χ1) is 16.4. The van der Waals surface area contributed by atoms with Crippen LogP contribution in [0.4, 0.5) is 10.1 Å². The summed E-state index contributed by atoms with van der Waals surface area (Å²) in [6.07, 6.45) is 9.71. The third-order valence-corrected chi connectivity index (χ3v) is 8.81. The fraction of sp³-hybridized carbons (Fsp3) is 0.548. The third kappa shape index (κ3) is 4.16. The Kier molecular flexibility index (Phi) is 6.48. The molecule has 1 aliphatic heterocycles. The molecule has 0 saturated carbocycles. The molecule has 2 nitrogen and oxygen atoms in total. The molecule has 0 bridgehead atoms. The Balaban J connectivity index is 1.44. The van der Waals surface area contributed by atoms with Crippen LogP contribution in [0.5, 0.6) is 0 Å². The highest BCUT2D eigenvalue weighted by molar-refractivity contribution is 5.85. The number of nitrogens with one attached hydrogen (secondary N) is 1. The molecule has 3 heteroatoms. The van der Waals surface area contributed by atoms with E-state index in [0.29, 0.717) is 11.3 Å². The fourth-order valence-corrected chi connectivity index (χ4v) is 7.24. The molecule has 0 amide bonds. The number of halogens is 1. The van der Waals surface area contributed by atoms with Crippen LogP contribution in [0, 0.1) is 24.1 Å². The molecule has 1 aromatic heterocycles. The molecule has 1 aliphatic carbocycles. The number of fused-ring (bicyclic) bond motifs is 3. The quantitative estimate of drug-likeness (QED) is 0.390. The van der Waals surface area contributed by atoms with Crippen LogP contribution in [0.1, 0.15) is 94.0 Å². The number of piperidine rings is 1. The van der Waals surface area contributed by atoms with Crippen LogP contribution in [0.2, 0.25) is 0 Å². The van der Waals surface area contributed by atoms with Crippen molar-refractivity contribution in [2.45, 2.75) is 85.0 Å². The number of hydrogen-bond donors (Lipinski definition) is 1. The number of anilines is 1. The molecule has 3 aromatic rings. The van der Waals surface area contributed by atoms with Gasteiger partial charge in [0, 0.05) is 41.3 Å². The molecule has 2 aromatic carbocycles. The van der Waals surface area contributed by atoms with Crippen molar-refractivity contribution in [3.8, 4) is 0 Å². The summed E-state index contributed by atoms with van der Waals surface area (Å²) in [6.45, 7) is 11.1. The van der Waals surface area contributed by atoms with Crippen molar-refractivity contribution in [3.63, 3.8) is 0 Å². The lowest BCUT2D eigenvalue weighted by atomic mass is 9.72. The highest BCUT2D eigenvalue weighted by Gasteiger charge is 2.35. The number of para-hydroxylation sites is 1. The van der Waals surface area contributed by atoms with E-state index in [1.807, 2.05) is 6.07 Å². The maximum atomic E-state index is 15.9. The van der Waals surface area contributed by atoms with Gasteiger partial charge in [0.1, 0.15) is 5.82 Å². The number of rotatable bonds is 6. The first-order valence-corrected chi connectivity index (χ1v) is 13.6. The molecule has 1 saturated heterocycles. The average molecular weight is 461 g/mol. The third-order valence-electron chi connectivity index (χ3n) is 8.81. The van der Waals surface area contributed by atoms with Crippen LogP contribution < -0.4 is 4.90 Å². The van der Waals surface area contributed by atoms with Crippen LogP contribution in [0.15, 0.2) is 36.4 Å². The van der Waals surface area contributed by atoms with E-state index in [2.05, 4.69) is 67.9 Å². The van der Waals surface area contributed by atoms with Crippen molar-refractivity contribution in [3.05, 3.63) is 64.6 Å². The molecule has 1 fully saturated rings. The van der Waals surface area contributed by atoms with E-state index >= 15 is 4.39 Å². The van der Waals surface area contributed by atoms with E-state index in [-0.39, 0.29) is 11.7 Å². The summed E-state index contributed by atoms with van der Waals surface area (Å²) in [5.74, 6) is 0.614. The SMILES string of the molecule is CCCC1(CCC)CCN(c2cc(C)c(C3C[C@H](C)Cc4c3[nH]c3ccccc43)c(F)c2)CC1. The van der Waals surface area contributed by atoms with Gasteiger partial charge < -0.3 is 9.88 Å². The van der Waals surface area contributed by atoms with Gasteiger partial charge >= 0.3 is 0 Å². The minimum atomic E-state index is -0.0299. The molecule has 2 aliphatic rings. The Bertz CT molecular complexity index is 1120. The Labute approximate surface area is 204 Å². The van der Waals surface area contributed by atoms with Gasteiger partial charge in [-0.25, -0.2) is 4.39 Å². The minimum absolute atomic E-state index is 0.0299. The minimum Gasteiger partial charge on any atom is -0.371 e. The zero-order valence-electron chi connectivity index (χ0n) is 21.5. The van der Waals surface area contributed by atoms with Crippen molar-refractivity contribution in [1.82, 2.24) is 4.98 Å². The number of nitrogens with zero attached hydrogens (tertiary/aromatic N) is 1. The van der Waals surface area contributed by atoms with E-state index < -0.39 is 0 Å². The maximum Gasteiger partial charge on any atom is 0.129 e. The van der Waals surface area contributed by atoms with E-state index in [4.69, 9.17) is 0 Å². The van der Waals surface area contributed by atoms with Gasteiger partial charge in [0.25, 0.3) is 0 Å². The van der Waals surface area contributed by atoms with E-state index in [1.54, 1.807) is 0 Å². The van der Waals surface area contributed by atoms with Crippen LogP contribution in [0.3, 0.4) is 0 Å². The molecule has 0 spiro atoms. The van der Waals surface area contributed by atoms with Crippen molar-refractivity contribution in [1.29, 1.82) is 0 Å². The van der Waals surface area contributed by atoms with Gasteiger partial charge in [-0.1, -0.05) is 51.8 Å². The number of aryl methyl sites for hydroxylation is 1. The summed E-state index contributed by atoms with van der Waals surface area (Å²) in [5.41, 5.74) is 7.36. The standard InChI is InChI=1S/C31H41FN2/c1-5-11-31(12-6-2)13-15-34(16-14-31)23-19-22(4)29(27(32)20-23)26-18-21(3)17-25-24-9-7-8-10-28(24)33-30(25)26/h7-10,19-21,26,33H,5-6,11-18H2,1-4H3/t21-,26?/m1/s1. The molecule has 1 N–H and O–H groups in total. The average Bonchev–Trinajstić information content (AvgIpc) is 3.18. The maximum absolute atomic E-state index is 15.9. The van der Waals surface area contributed by atoms with Gasteiger partial charge in [-0.05, 0) is 91.7 Å². The summed E-state index contributed by atoms with van der Waals surface area (Å²) in [6, 6.07) is 12.6. The summed E-state index contributed by atoms with van der Waals surface area (Å²) in [4.78, 5) is 6.11. The Hall–Kier alpha value is -2.29. The molecule has 182 valence electrons. The lowest BCUT2D eigenvalue weighted by Gasteiger charge is -2.43. The zero-order chi connectivity index (χ0) is 23.9. The summed E-state index contributed by atoms with van der Waals surface area (Å²) < 4.78 is 15.9. The highest BCUT2D eigenvalue weighted by Crippen LogP contribution is 2.45. The Morgan fingerprint density at radius 2 is 1.76 bits per heavy atom. The summed E-state index contributed by atoms with van der Waals surface area (Å²) >= 11 is 0. The molecular weight excluding hydrogens is 419 g/mol. The van der Waals surface area contributed by atoms with Crippen molar-refractivity contribution in [2.75, 3.05) is 18.0 Å². The summed E-state index contributed by atoms with van der Waals surface area (Å²) in [5, 5.41) is 1.31. The van der Waals surface area contributed by atoms with Gasteiger partial charge in [0.15, 0.2) is 0 Å². The highest BCUT2D eigenvalue weighted by atomic mass is 19.1. The van der Waals surface area contributed by atoms with Crippen LogP contribution in [0.25, 0.3) is 10.9 Å². The lowest BCUT2D eigenvalue weighted by Crippen LogP contribution is -2.40. The predicted molar refractivity (Wildman–Crippen MR) is 142 cm³/mol. The number of aromatic nitrogens is 1. The Morgan fingerprint density at radius 1 is 1.06 bits per heavy atom. The first-order valence-electron chi connectivity index (χ1n) is 13.6. The second kappa shape index (κ2) is 9.40. The van der Waals surface area contributed by atoms with Crippen LogP contribution in [-0.2, 0) is 6.42 Å². The first kappa shape index (κ1) is 23.5. The summed E-state index contributed by atoms with van der Waals surface area (Å²) in [7, 11) is 0. The molecular formula is C31H41FN2. The zero-order valence-corrected chi connectivity index (χ0v) is 21.5. The number of benzene rings is 2. The molecule has 0 radical (unpaired) electrons. The smallest absolute Gasteiger partial charge is 0.129 e. The topological polar surface area (TPSA) is 19.0 Å². The molecule has 1 unspecified atom stereocenters. The monoisotopic (exact) mass is 460 g/mol. The van der Waals surface area contributed by atoms with Crippen molar-refractivity contribution in [2.24, 2.45) is 11.3 Å². The second-order valence-corrected chi connectivity index (χ2v) is 11.3. The fourth-order valence-electron chi connectivity index (χ4n) is 7.24. The van der Waals surface area contributed by atoms with Gasteiger partial charge in [0.05, 0.1) is 0 Å². The normalized spacial score (nSPS) is 22.2. The van der Waals surface area contributed by atoms with Gasteiger partial charge in [0.2, 0.25) is 0 Å². The van der Waals surface area contributed by atoms with E-state index in [9.17, 15) is 0 Å². The number of H-pyrrole nitrogens is 1. The molecule has 5 rings (SSSR count). The van der Waals surface area contributed by atoms with Gasteiger partial charge in [-0.2, -0.15) is 0 Å². The van der Waals surface area contributed by atoms with E-state index in [0.717, 1.165) is 42.7 Å². The number of aromatic amines is 1. The van der Waals surface area contributed by atoms with Gasteiger partial charge in [-0.3, -0.25) is 0 Å². The van der Waals surface area contributed by atoms with Crippen molar-refractivity contribution >= 4 is 16.6 Å². The van der Waals surface area contributed by atoms with Crippen LogP contribution >= 0.6 is 0 Å². The van der Waals surface area contributed by atoms with Crippen LogP contribution in [-0.4, -0.2) is 18.1 Å². The molecule has 2 atom stereocenters. The molecule has 2 heterocycles. The molecule has 34 heavy (non-hydrogen) atoms. The van der Waals surface area contributed by atoms with Gasteiger partial charge in [-0.15, -0.1) is 0 Å². The Morgan fingerprint density at radius 3 is 2.44 bits per heavy atom. The second-order valence-electron chi connectivity index (χ2n) is 11.3. The largest absolute Gasteiger partial charge is 0.371 e.